The van der Waals surface area contributed by atoms with Crippen molar-refractivity contribution >= 4 is 21.6 Å². The van der Waals surface area contributed by atoms with Gasteiger partial charge < -0.3 is 10.1 Å². The molecule has 0 unspecified atom stereocenters. The predicted octanol–water partition coefficient (Wildman–Crippen LogP) is 5.10. The number of anilines is 1. The minimum absolute atomic E-state index is 0.136. The minimum atomic E-state index is -3.94. The molecule has 0 aliphatic carbocycles. The van der Waals surface area contributed by atoms with E-state index in [1.165, 1.54) is 12.1 Å². The van der Waals surface area contributed by atoms with Gasteiger partial charge in [0.2, 0.25) is 5.91 Å². The number of sulfonamides is 1. The highest BCUT2D eigenvalue weighted by molar-refractivity contribution is 7.92. The monoisotopic (exact) mass is 480 g/mol. The number of aryl methyl sites for hydroxylation is 1. The second-order valence-electron chi connectivity index (χ2n) is 8.68. The lowest BCUT2D eigenvalue weighted by molar-refractivity contribution is -0.120. The van der Waals surface area contributed by atoms with Crippen molar-refractivity contribution in [2.45, 2.75) is 38.1 Å². The largest absolute Gasteiger partial charge is 0.497 e. The third-order valence-corrected chi connectivity index (χ3v) is 7.29. The number of rotatable bonds is 10. The summed E-state index contributed by atoms with van der Waals surface area (Å²) in [6.45, 7) is 5.77. The lowest BCUT2D eigenvalue weighted by Crippen LogP contribution is -2.42. The van der Waals surface area contributed by atoms with E-state index in [9.17, 15) is 13.2 Å². The third-order valence-electron chi connectivity index (χ3n) is 5.50. The van der Waals surface area contributed by atoms with E-state index in [0.29, 0.717) is 18.0 Å². The molecule has 3 aromatic carbocycles. The van der Waals surface area contributed by atoms with Crippen LogP contribution in [0.1, 0.15) is 37.4 Å². The second kappa shape index (κ2) is 11.2. The first-order chi connectivity index (χ1) is 16.2. The molecule has 0 aliphatic rings. The van der Waals surface area contributed by atoms with Gasteiger partial charge in [0.1, 0.15) is 12.3 Å². The Kier molecular flexibility index (Phi) is 8.34. The molecule has 3 aromatic rings. The molecule has 1 amide bonds. The molecule has 0 heterocycles. The Hall–Kier alpha value is -3.32. The quantitative estimate of drug-likeness (QED) is 0.438. The summed E-state index contributed by atoms with van der Waals surface area (Å²) in [5, 5.41) is 3.05. The number of amides is 1. The number of nitrogens with one attached hydrogen (secondary N) is 1. The van der Waals surface area contributed by atoms with Gasteiger partial charge in [-0.15, -0.1) is 0 Å². The van der Waals surface area contributed by atoms with Crippen LogP contribution in [0.25, 0.3) is 0 Å². The Morgan fingerprint density at radius 3 is 2.12 bits per heavy atom. The molecular weight excluding hydrogens is 448 g/mol. The van der Waals surface area contributed by atoms with Crippen LogP contribution in [0, 0.1) is 12.8 Å². The molecule has 1 atom stereocenters. The van der Waals surface area contributed by atoms with Crippen molar-refractivity contribution in [1.29, 1.82) is 0 Å². The fourth-order valence-corrected chi connectivity index (χ4v) is 5.14. The molecule has 34 heavy (non-hydrogen) atoms. The predicted molar refractivity (Wildman–Crippen MR) is 135 cm³/mol. The minimum Gasteiger partial charge on any atom is -0.497 e. The molecule has 0 aliphatic heterocycles. The number of nitrogens with zero attached hydrogens (tertiary/aromatic N) is 1. The molecule has 0 fully saturated rings. The van der Waals surface area contributed by atoms with Crippen LogP contribution in [0.15, 0.2) is 83.8 Å². The van der Waals surface area contributed by atoms with E-state index in [4.69, 9.17) is 4.74 Å². The van der Waals surface area contributed by atoms with Crippen molar-refractivity contribution in [3.05, 3.63) is 90.0 Å². The Labute approximate surface area is 202 Å². The van der Waals surface area contributed by atoms with Gasteiger partial charge in [0.15, 0.2) is 0 Å². The highest BCUT2D eigenvalue weighted by Gasteiger charge is 2.28. The van der Waals surface area contributed by atoms with Gasteiger partial charge >= 0.3 is 0 Å². The average molecular weight is 481 g/mol. The topological polar surface area (TPSA) is 75.7 Å². The van der Waals surface area contributed by atoms with Gasteiger partial charge in [0, 0.05) is 0 Å². The van der Waals surface area contributed by atoms with Gasteiger partial charge in [0.25, 0.3) is 10.0 Å². The van der Waals surface area contributed by atoms with Crippen molar-refractivity contribution < 1.29 is 17.9 Å². The molecule has 1 N–H and O–H groups in total. The summed E-state index contributed by atoms with van der Waals surface area (Å²) in [4.78, 5) is 13.4. The number of carbonyl (C=O) groups is 1. The van der Waals surface area contributed by atoms with E-state index in [1.54, 1.807) is 37.4 Å². The van der Waals surface area contributed by atoms with E-state index in [2.05, 4.69) is 19.2 Å². The summed E-state index contributed by atoms with van der Waals surface area (Å²) in [5.41, 5.74) is 2.38. The average Bonchev–Trinajstić information content (AvgIpc) is 2.83. The summed E-state index contributed by atoms with van der Waals surface area (Å²) in [6, 6.07) is 22.6. The summed E-state index contributed by atoms with van der Waals surface area (Å²) < 4.78 is 33.4. The van der Waals surface area contributed by atoms with Crippen LogP contribution in [-0.2, 0) is 14.8 Å². The molecule has 0 radical (unpaired) electrons. The van der Waals surface area contributed by atoms with Crippen LogP contribution in [-0.4, -0.2) is 28.0 Å². The molecule has 3 rings (SSSR count). The first-order valence-corrected chi connectivity index (χ1v) is 12.7. The van der Waals surface area contributed by atoms with Crippen LogP contribution >= 0.6 is 0 Å². The van der Waals surface area contributed by atoms with Crippen molar-refractivity contribution in [2.75, 3.05) is 18.0 Å². The fraction of sp³-hybridized carbons (Fsp3) is 0.296. The lowest BCUT2D eigenvalue weighted by atomic mass is 9.97. The summed E-state index contributed by atoms with van der Waals surface area (Å²) in [6.07, 6.45) is 0.716. The normalized spacial score (nSPS) is 12.3. The van der Waals surface area contributed by atoms with Gasteiger partial charge in [-0.3, -0.25) is 9.10 Å². The van der Waals surface area contributed by atoms with E-state index in [1.807, 2.05) is 43.3 Å². The third kappa shape index (κ3) is 6.38. The maximum Gasteiger partial charge on any atom is 0.264 e. The Bertz CT molecular complexity index is 1180. The Morgan fingerprint density at radius 1 is 0.941 bits per heavy atom. The van der Waals surface area contributed by atoms with E-state index >= 15 is 0 Å². The van der Waals surface area contributed by atoms with E-state index in [0.717, 1.165) is 21.2 Å². The molecule has 6 nitrogen and oxygen atoms in total. The fourth-order valence-electron chi connectivity index (χ4n) is 3.70. The maximum absolute atomic E-state index is 13.5. The molecule has 0 saturated carbocycles. The Morgan fingerprint density at radius 2 is 1.56 bits per heavy atom. The summed E-state index contributed by atoms with van der Waals surface area (Å²) >= 11 is 0. The SMILES string of the molecule is COc1ccc([C@H](CC(C)C)NC(=O)CN(c2ccc(C)cc2)S(=O)(=O)c2ccccc2)cc1. The van der Waals surface area contributed by atoms with Crippen LogP contribution in [0.5, 0.6) is 5.75 Å². The molecule has 0 spiro atoms. The molecule has 180 valence electrons. The number of hydrogen-bond acceptors (Lipinski definition) is 4. The summed E-state index contributed by atoms with van der Waals surface area (Å²) in [7, 11) is -2.33. The standard InChI is InChI=1S/C27H32N2O4S/c1-20(2)18-26(22-12-16-24(33-4)17-13-22)28-27(30)19-29(23-14-10-21(3)11-15-23)34(31,32)25-8-6-5-7-9-25/h5-17,20,26H,18-19H2,1-4H3,(H,28,30)/t26-/m0/s1. The number of carbonyl (C=O) groups excluding carboxylic acids is 1. The maximum atomic E-state index is 13.5. The highest BCUT2D eigenvalue weighted by atomic mass is 32.2. The molecule has 0 saturated heterocycles. The first kappa shape index (κ1) is 25.3. The highest BCUT2D eigenvalue weighted by Crippen LogP contribution is 2.26. The Balaban J connectivity index is 1.89. The second-order valence-corrected chi connectivity index (χ2v) is 10.5. The van der Waals surface area contributed by atoms with Crippen molar-refractivity contribution in [1.82, 2.24) is 5.32 Å². The molecule has 7 heteroatoms. The number of methoxy groups -OCH3 is 1. The smallest absolute Gasteiger partial charge is 0.264 e. The van der Waals surface area contributed by atoms with Crippen molar-refractivity contribution in [3.63, 3.8) is 0 Å². The zero-order valence-corrected chi connectivity index (χ0v) is 20.9. The van der Waals surface area contributed by atoms with Gasteiger partial charge in [-0.1, -0.05) is 61.9 Å². The van der Waals surface area contributed by atoms with Crippen LogP contribution in [0.4, 0.5) is 5.69 Å². The lowest BCUT2D eigenvalue weighted by Gasteiger charge is -2.26. The number of benzene rings is 3. The van der Waals surface area contributed by atoms with E-state index in [-0.39, 0.29) is 23.4 Å². The van der Waals surface area contributed by atoms with E-state index < -0.39 is 10.0 Å². The zero-order valence-electron chi connectivity index (χ0n) is 20.1. The molecule has 0 aromatic heterocycles. The summed E-state index contributed by atoms with van der Waals surface area (Å²) in [5.74, 6) is 0.688. The van der Waals surface area contributed by atoms with Crippen LogP contribution < -0.4 is 14.4 Å². The van der Waals surface area contributed by atoms with Crippen molar-refractivity contribution in [2.24, 2.45) is 5.92 Å². The first-order valence-electron chi connectivity index (χ1n) is 11.3. The van der Waals surface area contributed by atoms with Gasteiger partial charge in [-0.25, -0.2) is 8.42 Å². The van der Waals surface area contributed by atoms with Crippen LogP contribution in [0.3, 0.4) is 0 Å². The van der Waals surface area contributed by atoms with Gasteiger partial charge in [-0.2, -0.15) is 0 Å². The van der Waals surface area contributed by atoms with Gasteiger partial charge in [0.05, 0.1) is 23.7 Å². The number of ether oxygens (including phenoxy) is 1. The van der Waals surface area contributed by atoms with Gasteiger partial charge in [-0.05, 0) is 61.2 Å². The van der Waals surface area contributed by atoms with Crippen molar-refractivity contribution in [3.8, 4) is 5.75 Å². The zero-order chi connectivity index (χ0) is 24.7. The number of hydrogen-bond donors (Lipinski definition) is 1. The molecular formula is C27H32N2O4S. The van der Waals surface area contributed by atoms with Crippen LogP contribution in [0.2, 0.25) is 0 Å². The molecule has 0 bridgehead atoms.